The van der Waals surface area contributed by atoms with Gasteiger partial charge in [-0.3, -0.25) is 9.59 Å². The second-order valence-corrected chi connectivity index (χ2v) is 4.03. The molecule has 6 heteroatoms. The minimum atomic E-state index is -0.796. The zero-order chi connectivity index (χ0) is 13.5. The lowest BCUT2D eigenvalue weighted by molar-refractivity contribution is -0.136. The third-order valence-electron chi connectivity index (χ3n) is 2.20. The van der Waals surface area contributed by atoms with Crippen molar-refractivity contribution in [1.82, 2.24) is 10.2 Å². The molecule has 2 amide bonds. The first kappa shape index (κ1) is 14.0. The molecule has 0 saturated carbocycles. The highest BCUT2D eigenvalue weighted by atomic mass is 16.3. The highest BCUT2D eigenvalue weighted by Gasteiger charge is 2.14. The van der Waals surface area contributed by atoms with Gasteiger partial charge in [0.25, 0.3) is 0 Å². The van der Waals surface area contributed by atoms with Gasteiger partial charge in [0.15, 0.2) is 0 Å². The molecule has 0 aliphatic carbocycles. The van der Waals surface area contributed by atoms with E-state index in [9.17, 15) is 14.7 Å². The molecule has 0 aromatic heterocycles. The molecule has 0 unspecified atom stereocenters. The number of aromatic hydroxyl groups is 1. The molecule has 98 valence electrons. The topological polar surface area (TPSA) is 81.7 Å². The maximum atomic E-state index is 11.5. The Hall–Kier alpha value is -2.08. The fourth-order valence-electron chi connectivity index (χ4n) is 1.23. The number of benzene rings is 1. The number of phenols is 1. The van der Waals surface area contributed by atoms with Crippen LogP contribution in [0.5, 0.6) is 5.75 Å². The van der Waals surface area contributed by atoms with Gasteiger partial charge in [0.1, 0.15) is 5.75 Å². The molecule has 0 atom stereocenters. The molecule has 0 fully saturated rings. The molecule has 3 N–H and O–H groups in total. The Kier molecular flexibility index (Phi) is 5.13. The summed E-state index contributed by atoms with van der Waals surface area (Å²) in [6, 6.07) is 6.22. The maximum absolute atomic E-state index is 11.5. The number of rotatable bonds is 4. The second-order valence-electron chi connectivity index (χ2n) is 4.03. The zero-order valence-corrected chi connectivity index (χ0v) is 10.4. The van der Waals surface area contributed by atoms with Gasteiger partial charge in [0.2, 0.25) is 0 Å². The van der Waals surface area contributed by atoms with Crippen molar-refractivity contribution < 1.29 is 14.7 Å². The number of anilines is 1. The molecule has 0 bridgehead atoms. The molecular formula is C12H17N3O3. The Morgan fingerprint density at radius 1 is 1.22 bits per heavy atom. The van der Waals surface area contributed by atoms with E-state index in [2.05, 4.69) is 10.6 Å². The van der Waals surface area contributed by atoms with Gasteiger partial charge in [-0.2, -0.15) is 0 Å². The van der Waals surface area contributed by atoms with Gasteiger partial charge in [-0.1, -0.05) is 12.1 Å². The Morgan fingerprint density at radius 3 is 2.50 bits per heavy atom. The van der Waals surface area contributed by atoms with Crippen LogP contribution < -0.4 is 10.6 Å². The van der Waals surface area contributed by atoms with Crippen molar-refractivity contribution in [2.24, 2.45) is 0 Å². The van der Waals surface area contributed by atoms with E-state index >= 15 is 0 Å². The lowest BCUT2D eigenvalue weighted by Gasteiger charge is -2.10. The normalized spacial score (nSPS) is 10.2. The highest BCUT2D eigenvalue weighted by Crippen LogP contribution is 2.20. The molecule has 0 aliphatic rings. The standard InChI is InChI=1S/C12H17N3O3/c1-15(2)8-7-13-11(17)12(18)14-9-5-3-4-6-10(9)16/h3-6,16H,7-8H2,1-2H3,(H,13,17)(H,14,18). The van der Waals surface area contributed by atoms with Crippen molar-refractivity contribution in [3.8, 4) is 5.75 Å². The average molecular weight is 251 g/mol. The number of carbonyl (C=O) groups excluding carboxylic acids is 2. The summed E-state index contributed by atoms with van der Waals surface area (Å²) in [5, 5.41) is 14.2. The van der Waals surface area contributed by atoms with E-state index in [0.717, 1.165) is 0 Å². The molecule has 0 aliphatic heterocycles. The monoisotopic (exact) mass is 251 g/mol. The Balaban J connectivity index is 2.46. The lowest BCUT2D eigenvalue weighted by Crippen LogP contribution is -2.38. The highest BCUT2D eigenvalue weighted by molar-refractivity contribution is 6.39. The van der Waals surface area contributed by atoms with E-state index in [-0.39, 0.29) is 11.4 Å². The van der Waals surface area contributed by atoms with Gasteiger partial charge in [-0.05, 0) is 26.2 Å². The summed E-state index contributed by atoms with van der Waals surface area (Å²) in [5.74, 6) is -1.60. The summed E-state index contributed by atoms with van der Waals surface area (Å²) in [5.41, 5.74) is 0.213. The van der Waals surface area contributed by atoms with Crippen LogP contribution in [0.1, 0.15) is 0 Å². The number of phenolic OH excluding ortho intramolecular Hbond substituents is 1. The van der Waals surface area contributed by atoms with Crippen LogP contribution in [0.15, 0.2) is 24.3 Å². The Morgan fingerprint density at radius 2 is 1.89 bits per heavy atom. The van der Waals surface area contributed by atoms with Gasteiger partial charge in [-0.25, -0.2) is 0 Å². The van der Waals surface area contributed by atoms with Gasteiger partial charge >= 0.3 is 11.8 Å². The lowest BCUT2D eigenvalue weighted by atomic mass is 10.3. The van der Waals surface area contributed by atoms with Crippen molar-refractivity contribution in [2.75, 3.05) is 32.5 Å². The van der Waals surface area contributed by atoms with E-state index in [4.69, 9.17) is 0 Å². The van der Waals surface area contributed by atoms with Crippen molar-refractivity contribution >= 4 is 17.5 Å². The van der Waals surface area contributed by atoms with Crippen LogP contribution in [-0.4, -0.2) is 49.0 Å². The molecule has 1 aromatic rings. The SMILES string of the molecule is CN(C)CCNC(=O)C(=O)Nc1ccccc1O. The first-order chi connectivity index (χ1) is 8.50. The largest absolute Gasteiger partial charge is 0.506 e. The maximum Gasteiger partial charge on any atom is 0.313 e. The quantitative estimate of drug-likeness (QED) is 0.520. The molecule has 1 aromatic carbocycles. The zero-order valence-electron chi connectivity index (χ0n) is 10.4. The number of nitrogens with zero attached hydrogens (tertiary/aromatic N) is 1. The van der Waals surface area contributed by atoms with E-state index in [1.165, 1.54) is 12.1 Å². The number of hydrogen-bond acceptors (Lipinski definition) is 4. The minimum absolute atomic E-state index is 0.0769. The van der Waals surface area contributed by atoms with Crippen LogP contribution in [-0.2, 0) is 9.59 Å². The van der Waals surface area contributed by atoms with Gasteiger partial charge in [0, 0.05) is 13.1 Å². The van der Waals surface area contributed by atoms with Crippen LogP contribution in [0.25, 0.3) is 0 Å². The number of carbonyl (C=O) groups is 2. The first-order valence-corrected chi connectivity index (χ1v) is 5.52. The van der Waals surface area contributed by atoms with Crippen molar-refractivity contribution in [3.05, 3.63) is 24.3 Å². The van der Waals surface area contributed by atoms with E-state index in [1.807, 2.05) is 19.0 Å². The molecule has 0 heterocycles. The molecule has 0 spiro atoms. The smallest absolute Gasteiger partial charge is 0.313 e. The van der Waals surface area contributed by atoms with E-state index in [0.29, 0.717) is 13.1 Å². The van der Waals surface area contributed by atoms with E-state index in [1.54, 1.807) is 12.1 Å². The Labute approximate surface area is 106 Å². The third-order valence-corrected chi connectivity index (χ3v) is 2.20. The number of para-hydroxylation sites is 2. The number of nitrogens with one attached hydrogen (secondary N) is 2. The molecule has 1 rings (SSSR count). The Bertz CT molecular complexity index is 432. The van der Waals surface area contributed by atoms with Gasteiger partial charge in [0.05, 0.1) is 5.69 Å². The summed E-state index contributed by atoms with van der Waals surface area (Å²) in [6.45, 7) is 1.04. The van der Waals surface area contributed by atoms with Crippen LogP contribution in [0.3, 0.4) is 0 Å². The molecule has 18 heavy (non-hydrogen) atoms. The van der Waals surface area contributed by atoms with Crippen molar-refractivity contribution in [1.29, 1.82) is 0 Å². The average Bonchev–Trinajstić information content (AvgIpc) is 2.31. The summed E-state index contributed by atoms with van der Waals surface area (Å²) in [6.07, 6.45) is 0. The minimum Gasteiger partial charge on any atom is -0.506 e. The van der Waals surface area contributed by atoms with Crippen LogP contribution >= 0.6 is 0 Å². The van der Waals surface area contributed by atoms with E-state index < -0.39 is 11.8 Å². The van der Waals surface area contributed by atoms with Crippen LogP contribution in [0.2, 0.25) is 0 Å². The fraction of sp³-hybridized carbons (Fsp3) is 0.333. The fourth-order valence-corrected chi connectivity index (χ4v) is 1.23. The summed E-state index contributed by atoms with van der Waals surface area (Å²) in [4.78, 5) is 24.8. The second kappa shape index (κ2) is 6.61. The van der Waals surface area contributed by atoms with Crippen LogP contribution in [0, 0.1) is 0 Å². The first-order valence-electron chi connectivity index (χ1n) is 5.52. The van der Waals surface area contributed by atoms with Gasteiger partial charge < -0.3 is 20.6 Å². The molecule has 0 saturated heterocycles. The summed E-state index contributed by atoms with van der Waals surface area (Å²) >= 11 is 0. The molecule has 0 radical (unpaired) electrons. The van der Waals surface area contributed by atoms with Gasteiger partial charge in [-0.15, -0.1) is 0 Å². The number of hydrogen-bond donors (Lipinski definition) is 3. The van der Waals surface area contributed by atoms with Crippen molar-refractivity contribution in [3.63, 3.8) is 0 Å². The molecule has 6 nitrogen and oxygen atoms in total. The predicted octanol–water partition coefficient (Wildman–Crippen LogP) is 0.00850. The predicted molar refractivity (Wildman–Crippen MR) is 68.3 cm³/mol. The van der Waals surface area contributed by atoms with Crippen molar-refractivity contribution in [2.45, 2.75) is 0 Å². The number of likely N-dealkylation sites (N-methyl/N-ethyl adjacent to an activating group) is 1. The summed E-state index contributed by atoms with van der Waals surface area (Å²) in [7, 11) is 3.74. The number of amides is 2. The summed E-state index contributed by atoms with van der Waals surface area (Å²) < 4.78 is 0. The van der Waals surface area contributed by atoms with Crippen LogP contribution in [0.4, 0.5) is 5.69 Å². The molecular weight excluding hydrogens is 234 g/mol. The third kappa shape index (κ3) is 4.42.